The van der Waals surface area contributed by atoms with Crippen LogP contribution in [0, 0.1) is 13.8 Å². The van der Waals surface area contributed by atoms with E-state index in [0.29, 0.717) is 41.9 Å². The van der Waals surface area contributed by atoms with Crippen LogP contribution in [-0.2, 0) is 17.9 Å². The van der Waals surface area contributed by atoms with Crippen LogP contribution in [0.3, 0.4) is 0 Å². The molecule has 1 saturated heterocycles. The number of hydrogen-bond donors (Lipinski definition) is 3. The summed E-state index contributed by atoms with van der Waals surface area (Å²) < 4.78 is 10.8. The number of likely N-dealkylation sites (tertiary alicyclic amines) is 1. The molecular formula is C23H25ClN4O4. The van der Waals surface area contributed by atoms with E-state index in [2.05, 4.69) is 15.3 Å². The van der Waals surface area contributed by atoms with Crippen LogP contribution in [0.1, 0.15) is 28.9 Å². The number of amides is 1. The number of aromatic nitrogens is 2. The Hall–Kier alpha value is -2.81. The molecule has 1 fully saturated rings. The molecule has 0 radical (unpaired) electrons. The number of aliphatic hydroxyl groups excluding tert-OH is 1. The standard InChI is InChI=1S/C23H25ClN4O4/c1-12-3-4-16-21(13(12)2)27-20(26-16)9-25-23(30)22-17(29)5-6-28(22)10-14-7-18-19(8-15(14)24)32-11-31-18/h3-4,7-8,17,22,29H,5-6,9-11H2,1-2H3,(H,25,30)(H,26,27)/t17-,22-/m0/s1. The van der Waals surface area contributed by atoms with Gasteiger partial charge in [-0.2, -0.15) is 0 Å². The van der Waals surface area contributed by atoms with Crippen molar-refractivity contribution in [2.45, 2.75) is 45.5 Å². The van der Waals surface area contributed by atoms with Crippen LogP contribution in [0.4, 0.5) is 0 Å². The summed E-state index contributed by atoms with van der Waals surface area (Å²) in [6.45, 7) is 5.53. The molecule has 32 heavy (non-hydrogen) atoms. The van der Waals surface area contributed by atoms with Crippen molar-refractivity contribution < 1.29 is 19.4 Å². The lowest BCUT2D eigenvalue weighted by Crippen LogP contribution is -2.47. The number of ether oxygens (including phenoxy) is 2. The number of hydrogen-bond acceptors (Lipinski definition) is 6. The van der Waals surface area contributed by atoms with Gasteiger partial charge in [0.1, 0.15) is 11.9 Å². The molecule has 2 aliphatic rings. The predicted molar refractivity (Wildman–Crippen MR) is 120 cm³/mol. The Balaban J connectivity index is 1.29. The van der Waals surface area contributed by atoms with Gasteiger partial charge in [-0.25, -0.2) is 4.98 Å². The molecule has 0 bridgehead atoms. The first-order valence-electron chi connectivity index (χ1n) is 10.6. The topological polar surface area (TPSA) is 99.7 Å². The van der Waals surface area contributed by atoms with Gasteiger partial charge < -0.3 is 24.9 Å². The van der Waals surface area contributed by atoms with E-state index >= 15 is 0 Å². The summed E-state index contributed by atoms with van der Waals surface area (Å²) in [5.41, 5.74) is 4.97. The fourth-order valence-corrected chi connectivity index (χ4v) is 4.59. The molecule has 2 aromatic carbocycles. The fourth-order valence-electron chi connectivity index (χ4n) is 4.38. The van der Waals surface area contributed by atoms with Crippen LogP contribution in [-0.4, -0.2) is 51.4 Å². The molecule has 0 unspecified atom stereocenters. The van der Waals surface area contributed by atoms with Crippen molar-refractivity contribution in [1.82, 2.24) is 20.2 Å². The Morgan fingerprint density at radius 1 is 1.31 bits per heavy atom. The van der Waals surface area contributed by atoms with Gasteiger partial charge in [0.25, 0.3) is 0 Å². The highest BCUT2D eigenvalue weighted by Gasteiger charge is 2.38. The molecule has 0 saturated carbocycles. The first kappa shape index (κ1) is 21.1. The Morgan fingerprint density at radius 3 is 2.91 bits per heavy atom. The van der Waals surface area contributed by atoms with Crippen molar-refractivity contribution in [3.63, 3.8) is 0 Å². The number of carbonyl (C=O) groups excluding carboxylic acids is 1. The zero-order valence-electron chi connectivity index (χ0n) is 17.9. The molecule has 0 spiro atoms. The predicted octanol–water partition coefficient (Wildman–Crippen LogP) is 2.81. The van der Waals surface area contributed by atoms with E-state index in [1.807, 2.05) is 36.9 Å². The smallest absolute Gasteiger partial charge is 0.240 e. The Bertz CT molecular complexity index is 1190. The minimum atomic E-state index is -0.747. The Kier molecular flexibility index (Phi) is 5.44. The summed E-state index contributed by atoms with van der Waals surface area (Å²) in [5.74, 6) is 1.70. The number of carbonyl (C=O) groups is 1. The van der Waals surface area contributed by atoms with Crippen molar-refractivity contribution in [1.29, 1.82) is 0 Å². The molecule has 3 N–H and O–H groups in total. The van der Waals surface area contributed by atoms with Gasteiger partial charge in [-0.05, 0) is 49.1 Å². The average molecular weight is 457 g/mol. The van der Waals surface area contributed by atoms with Crippen LogP contribution in [0.2, 0.25) is 5.02 Å². The van der Waals surface area contributed by atoms with E-state index < -0.39 is 12.1 Å². The van der Waals surface area contributed by atoms with Gasteiger partial charge in [0.2, 0.25) is 12.7 Å². The van der Waals surface area contributed by atoms with Crippen LogP contribution in [0.15, 0.2) is 24.3 Å². The number of imidazole rings is 1. The fraction of sp³-hybridized carbons (Fsp3) is 0.391. The number of halogens is 1. The number of benzene rings is 2. The summed E-state index contributed by atoms with van der Waals surface area (Å²) in [7, 11) is 0. The van der Waals surface area contributed by atoms with E-state index in [-0.39, 0.29) is 19.2 Å². The van der Waals surface area contributed by atoms with Gasteiger partial charge in [-0.3, -0.25) is 9.69 Å². The number of aromatic amines is 1. The van der Waals surface area contributed by atoms with Crippen molar-refractivity contribution in [2.75, 3.05) is 13.3 Å². The van der Waals surface area contributed by atoms with Gasteiger partial charge in [-0.1, -0.05) is 17.7 Å². The second kappa shape index (κ2) is 8.27. The number of fused-ring (bicyclic) bond motifs is 2. The monoisotopic (exact) mass is 456 g/mol. The number of H-pyrrole nitrogens is 1. The van der Waals surface area contributed by atoms with Gasteiger partial charge in [0.05, 0.1) is 23.7 Å². The highest BCUT2D eigenvalue weighted by molar-refractivity contribution is 6.31. The maximum absolute atomic E-state index is 13.0. The third-order valence-electron chi connectivity index (χ3n) is 6.31. The molecular weight excluding hydrogens is 432 g/mol. The molecule has 8 nitrogen and oxygen atoms in total. The lowest BCUT2D eigenvalue weighted by Gasteiger charge is -2.25. The quantitative estimate of drug-likeness (QED) is 0.546. The molecule has 2 atom stereocenters. The van der Waals surface area contributed by atoms with Gasteiger partial charge in [-0.15, -0.1) is 0 Å². The number of nitrogens with zero attached hydrogens (tertiary/aromatic N) is 2. The maximum Gasteiger partial charge on any atom is 0.240 e. The van der Waals surface area contributed by atoms with Gasteiger partial charge in [0, 0.05) is 24.2 Å². The third-order valence-corrected chi connectivity index (χ3v) is 6.66. The van der Waals surface area contributed by atoms with Gasteiger partial charge in [0.15, 0.2) is 11.5 Å². The second-order valence-electron chi connectivity index (χ2n) is 8.37. The number of rotatable bonds is 5. The Labute approximate surface area is 190 Å². The SMILES string of the molecule is Cc1ccc2[nH]c(CNC(=O)[C@@H]3[C@@H](O)CCN3Cc3cc4c(cc3Cl)OCO4)nc2c1C. The first-order chi connectivity index (χ1) is 15.4. The van der Waals surface area contributed by atoms with Crippen molar-refractivity contribution >= 4 is 28.5 Å². The van der Waals surface area contributed by atoms with Gasteiger partial charge >= 0.3 is 0 Å². The molecule has 3 heterocycles. The largest absolute Gasteiger partial charge is 0.454 e. The van der Waals surface area contributed by atoms with Crippen LogP contribution < -0.4 is 14.8 Å². The normalized spacial score (nSPS) is 20.2. The zero-order valence-corrected chi connectivity index (χ0v) is 18.7. The third kappa shape index (κ3) is 3.79. The highest BCUT2D eigenvalue weighted by Crippen LogP contribution is 2.37. The van der Waals surface area contributed by atoms with E-state index in [9.17, 15) is 9.90 Å². The number of aliphatic hydroxyl groups is 1. The van der Waals surface area contributed by atoms with E-state index in [4.69, 9.17) is 21.1 Å². The molecule has 9 heteroatoms. The molecule has 5 rings (SSSR count). The lowest BCUT2D eigenvalue weighted by molar-refractivity contribution is -0.128. The minimum Gasteiger partial charge on any atom is -0.454 e. The van der Waals surface area contributed by atoms with Crippen LogP contribution >= 0.6 is 11.6 Å². The maximum atomic E-state index is 13.0. The lowest BCUT2D eigenvalue weighted by atomic mass is 10.1. The molecule has 1 aromatic heterocycles. The highest BCUT2D eigenvalue weighted by atomic mass is 35.5. The zero-order chi connectivity index (χ0) is 22.4. The van der Waals surface area contributed by atoms with Crippen LogP contribution in [0.25, 0.3) is 11.0 Å². The molecule has 0 aliphatic carbocycles. The summed E-state index contributed by atoms with van der Waals surface area (Å²) >= 11 is 6.42. The molecule has 1 amide bonds. The van der Waals surface area contributed by atoms with Crippen molar-refractivity contribution in [2.24, 2.45) is 0 Å². The number of nitrogens with one attached hydrogen (secondary N) is 2. The van der Waals surface area contributed by atoms with E-state index in [1.54, 1.807) is 6.07 Å². The molecule has 168 valence electrons. The van der Waals surface area contributed by atoms with E-state index in [0.717, 1.165) is 22.2 Å². The summed E-state index contributed by atoms with van der Waals surface area (Å²) in [6.07, 6.45) is -0.230. The minimum absolute atomic E-state index is 0.170. The average Bonchev–Trinajstić information content (AvgIpc) is 3.48. The summed E-state index contributed by atoms with van der Waals surface area (Å²) in [4.78, 5) is 22.8. The van der Waals surface area contributed by atoms with E-state index in [1.165, 1.54) is 5.56 Å². The summed E-state index contributed by atoms with van der Waals surface area (Å²) in [5, 5.41) is 14.0. The van der Waals surface area contributed by atoms with Crippen molar-refractivity contribution in [3.8, 4) is 11.5 Å². The molecule has 3 aromatic rings. The molecule has 2 aliphatic heterocycles. The first-order valence-corrected chi connectivity index (χ1v) is 11.0. The summed E-state index contributed by atoms with van der Waals surface area (Å²) in [6, 6.07) is 6.94. The van der Waals surface area contributed by atoms with Crippen LogP contribution in [0.5, 0.6) is 11.5 Å². The Morgan fingerprint density at radius 2 is 2.09 bits per heavy atom. The second-order valence-corrected chi connectivity index (χ2v) is 8.78. The van der Waals surface area contributed by atoms with Crippen molar-refractivity contribution in [3.05, 3.63) is 51.8 Å². The number of aryl methyl sites for hydroxylation is 2.